The smallest absolute Gasteiger partial charge is 0.223 e. The molecule has 0 aromatic heterocycles. The number of nitrogens with one attached hydrogen (secondary N) is 1. The normalized spacial score (nSPS) is 11.5. The molecular weight excluding hydrogens is 372 g/mol. The number of rotatable bonds is 8. The van der Waals surface area contributed by atoms with Crippen molar-refractivity contribution in [2.45, 2.75) is 39.3 Å². The Morgan fingerprint density at radius 2 is 1.50 bits per heavy atom. The number of hydrogen-bond donors (Lipinski definition) is 1. The minimum absolute atomic E-state index is 0.111. The van der Waals surface area contributed by atoms with Gasteiger partial charge in [0.15, 0.2) is 0 Å². The van der Waals surface area contributed by atoms with Crippen molar-refractivity contribution in [2.24, 2.45) is 0 Å². The first-order valence-corrected chi connectivity index (χ1v) is 10.3. The van der Waals surface area contributed by atoms with Gasteiger partial charge in [0.25, 0.3) is 0 Å². The molecule has 30 heavy (non-hydrogen) atoms. The van der Waals surface area contributed by atoms with Crippen LogP contribution in [-0.4, -0.2) is 16.7 Å². The highest BCUT2D eigenvalue weighted by Gasteiger charge is 2.22. The number of aryl methyl sites for hydroxylation is 1. The lowest BCUT2D eigenvalue weighted by molar-refractivity contribution is -0.134. The number of nitrogens with zero attached hydrogens (tertiary/aromatic N) is 1. The van der Waals surface area contributed by atoms with Crippen LogP contribution in [0.4, 0.5) is 5.69 Å². The molecule has 4 nitrogen and oxygen atoms in total. The van der Waals surface area contributed by atoms with Gasteiger partial charge in [-0.25, -0.2) is 0 Å². The first-order valence-electron chi connectivity index (χ1n) is 10.3. The van der Waals surface area contributed by atoms with Crippen LogP contribution in [0.3, 0.4) is 0 Å². The van der Waals surface area contributed by atoms with Gasteiger partial charge in [0, 0.05) is 25.6 Å². The van der Waals surface area contributed by atoms with Crippen LogP contribution in [-0.2, 0) is 22.6 Å². The summed E-state index contributed by atoms with van der Waals surface area (Å²) in [6.07, 6.45) is 1.16. The maximum Gasteiger partial charge on any atom is 0.223 e. The lowest BCUT2D eigenvalue weighted by atomic mass is 10.0. The second kappa shape index (κ2) is 10.4. The van der Waals surface area contributed by atoms with Gasteiger partial charge in [0.05, 0.1) is 6.04 Å². The van der Waals surface area contributed by atoms with Crippen LogP contribution in [0, 0.1) is 0 Å². The second-order valence-electron chi connectivity index (χ2n) is 7.48. The zero-order valence-electron chi connectivity index (χ0n) is 17.5. The Balaban J connectivity index is 1.81. The van der Waals surface area contributed by atoms with Crippen molar-refractivity contribution in [1.29, 1.82) is 0 Å². The zero-order chi connectivity index (χ0) is 21.3. The fraction of sp³-hybridized carbons (Fsp3) is 0.231. The standard InChI is InChI=1S/C26H28N2O2/c1-20(24-14-9-15-25(18-24)27-21(2)29)28(19-23-12-7-4-8-13-23)26(30)17-16-22-10-5-3-6-11-22/h3-15,18,20H,16-17,19H2,1-2H3,(H,27,29)/t20-/m0/s1. The molecule has 0 unspecified atom stereocenters. The van der Waals surface area contributed by atoms with Crippen LogP contribution in [0.2, 0.25) is 0 Å². The number of benzene rings is 3. The summed E-state index contributed by atoms with van der Waals surface area (Å²) in [6, 6.07) is 27.7. The van der Waals surface area contributed by atoms with Crippen molar-refractivity contribution < 1.29 is 9.59 Å². The van der Waals surface area contributed by atoms with Gasteiger partial charge in [0.2, 0.25) is 11.8 Å². The quantitative estimate of drug-likeness (QED) is 0.553. The van der Waals surface area contributed by atoms with Crippen LogP contribution < -0.4 is 5.32 Å². The van der Waals surface area contributed by atoms with E-state index in [4.69, 9.17) is 0 Å². The number of amides is 2. The molecule has 0 fully saturated rings. The van der Waals surface area contributed by atoms with E-state index >= 15 is 0 Å². The first-order chi connectivity index (χ1) is 14.5. The molecule has 2 amide bonds. The highest BCUT2D eigenvalue weighted by Crippen LogP contribution is 2.26. The van der Waals surface area contributed by atoms with Crippen LogP contribution in [0.1, 0.15) is 43.0 Å². The Labute approximate surface area is 178 Å². The molecule has 0 saturated carbocycles. The van der Waals surface area contributed by atoms with E-state index in [1.807, 2.05) is 84.6 Å². The maximum absolute atomic E-state index is 13.3. The minimum atomic E-state index is -0.123. The molecule has 1 N–H and O–H groups in total. The van der Waals surface area contributed by atoms with E-state index in [1.54, 1.807) is 0 Å². The third kappa shape index (κ3) is 6.05. The van der Waals surface area contributed by atoms with Crippen LogP contribution in [0.15, 0.2) is 84.9 Å². The van der Waals surface area contributed by atoms with Crippen LogP contribution >= 0.6 is 0 Å². The third-order valence-electron chi connectivity index (χ3n) is 5.14. The average Bonchev–Trinajstić information content (AvgIpc) is 2.76. The molecule has 0 aliphatic heterocycles. The van der Waals surface area contributed by atoms with E-state index in [2.05, 4.69) is 17.4 Å². The van der Waals surface area contributed by atoms with E-state index in [0.29, 0.717) is 19.4 Å². The molecule has 0 radical (unpaired) electrons. The number of carbonyl (C=O) groups is 2. The monoisotopic (exact) mass is 400 g/mol. The minimum Gasteiger partial charge on any atom is -0.332 e. The predicted octanol–water partition coefficient (Wildman–Crippen LogP) is 5.37. The van der Waals surface area contributed by atoms with Gasteiger partial charge >= 0.3 is 0 Å². The van der Waals surface area contributed by atoms with E-state index in [0.717, 1.165) is 22.4 Å². The van der Waals surface area contributed by atoms with E-state index < -0.39 is 0 Å². The van der Waals surface area contributed by atoms with Crippen molar-refractivity contribution in [3.05, 3.63) is 102 Å². The van der Waals surface area contributed by atoms with Gasteiger partial charge in [-0.15, -0.1) is 0 Å². The lowest BCUT2D eigenvalue weighted by Gasteiger charge is -2.30. The summed E-state index contributed by atoms with van der Waals surface area (Å²) in [5, 5.41) is 2.82. The Bertz CT molecular complexity index is 971. The molecule has 3 rings (SSSR count). The summed E-state index contributed by atoms with van der Waals surface area (Å²) in [6.45, 7) is 4.07. The molecule has 0 saturated heterocycles. The molecular formula is C26H28N2O2. The van der Waals surface area contributed by atoms with Crippen molar-refractivity contribution in [1.82, 2.24) is 4.90 Å². The Kier molecular flexibility index (Phi) is 7.39. The molecule has 1 atom stereocenters. The summed E-state index contributed by atoms with van der Waals surface area (Å²) in [7, 11) is 0. The summed E-state index contributed by atoms with van der Waals surface area (Å²) < 4.78 is 0. The van der Waals surface area contributed by atoms with Gasteiger partial charge in [-0.3, -0.25) is 9.59 Å². The fourth-order valence-electron chi connectivity index (χ4n) is 3.52. The largest absolute Gasteiger partial charge is 0.332 e. The summed E-state index contributed by atoms with van der Waals surface area (Å²) >= 11 is 0. The molecule has 0 aliphatic rings. The summed E-state index contributed by atoms with van der Waals surface area (Å²) in [5.41, 5.74) is 3.98. The van der Waals surface area contributed by atoms with Crippen molar-refractivity contribution in [3.63, 3.8) is 0 Å². The fourth-order valence-corrected chi connectivity index (χ4v) is 3.52. The van der Waals surface area contributed by atoms with Gasteiger partial charge in [-0.1, -0.05) is 72.8 Å². The topological polar surface area (TPSA) is 49.4 Å². The Hall–Kier alpha value is -3.40. The third-order valence-corrected chi connectivity index (χ3v) is 5.14. The summed E-state index contributed by atoms with van der Waals surface area (Å²) in [4.78, 5) is 26.6. The second-order valence-corrected chi connectivity index (χ2v) is 7.48. The van der Waals surface area contributed by atoms with E-state index in [9.17, 15) is 9.59 Å². The van der Waals surface area contributed by atoms with Crippen LogP contribution in [0.5, 0.6) is 0 Å². The SMILES string of the molecule is CC(=O)Nc1cccc([C@H](C)N(Cc2ccccc2)C(=O)CCc2ccccc2)c1. The molecule has 0 heterocycles. The molecule has 4 heteroatoms. The number of anilines is 1. The lowest BCUT2D eigenvalue weighted by Crippen LogP contribution is -2.33. The van der Waals surface area contributed by atoms with Crippen molar-refractivity contribution >= 4 is 17.5 Å². The van der Waals surface area contributed by atoms with Gasteiger partial charge in [-0.2, -0.15) is 0 Å². The summed E-state index contributed by atoms with van der Waals surface area (Å²) in [5.74, 6) is 0.0000171. The average molecular weight is 401 g/mol. The van der Waals surface area contributed by atoms with Crippen molar-refractivity contribution in [3.8, 4) is 0 Å². The van der Waals surface area contributed by atoms with Crippen LogP contribution in [0.25, 0.3) is 0 Å². The zero-order valence-corrected chi connectivity index (χ0v) is 17.5. The number of carbonyl (C=O) groups excluding carboxylic acids is 2. The molecule has 0 spiro atoms. The predicted molar refractivity (Wildman–Crippen MR) is 121 cm³/mol. The Morgan fingerprint density at radius 1 is 0.867 bits per heavy atom. The highest BCUT2D eigenvalue weighted by atomic mass is 16.2. The highest BCUT2D eigenvalue weighted by molar-refractivity contribution is 5.88. The van der Waals surface area contributed by atoms with Crippen molar-refractivity contribution in [2.75, 3.05) is 5.32 Å². The van der Waals surface area contributed by atoms with Gasteiger partial charge in [-0.05, 0) is 42.2 Å². The van der Waals surface area contributed by atoms with E-state index in [1.165, 1.54) is 6.92 Å². The number of hydrogen-bond acceptors (Lipinski definition) is 2. The van der Waals surface area contributed by atoms with Gasteiger partial charge < -0.3 is 10.2 Å². The van der Waals surface area contributed by atoms with Gasteiger partial charge in [0.1, 0.15) is 0 Å². The Morgan fingerprint density at radius 3 is 2.13 bits per heavy atom. The molecule has 0 aliphatic carbocycles. The molecule has 3 aromatic carbocycles. The molecule has 154 valence electrons. The first kappa shape index (κ1) is 21.3. The molecule has 0 bridgehead atoms. The molecule has 3 aromatic rings. The van der Waals surface area contributed by atoms with E-state index in [-0.39, 0.29) is 17.9 Å². The maximum atomic E-state index is 13.3.